The largest absolute Gasteiger partial charge is 0.306 e. The molecule has 2 aromatic rings. The lowest BCUT2D eigenvalue weighted by molar-refractivity contribution is 0.629. The van der Waals surface area contributed by atoms with Crippen LogP contribution < -0.4 is 5.32 Å². The molecule has 0 bridgehead atoms. The van der Waals surface area contributed by atoms with E-state index in [1.165, 1.54) is 20.5 Å². The average Bonchev–Trinajstić information content (AvgIpc) is 2.74. The Morgan fingerprint density at radius 1 is 1.35 bits per heavy atom. The van der Waals surface area contributed by atoms with Gasteiger partial charge in [0.1, 0.15) is 0 Å². The van der Waals surface area contributed by atoms with Crippen LogP contribution in [-0.2, 0) is 0 Å². The number of halogens is 1. The molecule has 1 aromatic carbocycles. The molecule has 0 saturated heterocycles. The SMILES string of the molecule is CCNC(c1csc(Br)c1)c1ccccc1C. The topological polar surface area (TPSA) is 12.0 Å². The normalized spacial score (nSPS) is 12.6. The van der Waals surface area contributed by atoms with Crippen LogP contribution in [0.1, 0.15) is 29.7 Å². The van der Waals surface area contributed by atoms with Gasteiger partial charge < -0.3 is 5.32 Å². The summed E-state index contributed by atoms with van der Waals surface area (Å²) >= 11 is 5.27. The average molecular weight is 310 g/mol. The zero-order chi connectivity index (χ0) is 12.3. The van der Waals surface area contributed by atoms with Gasteiger partial charge in [-0.1, -0.05) is 31.2 Å². The highest BCUT2D eigenvalue weighted by molar-refractivity contribution is 9.11. The Balaban J connectivity index is 2.39. The van der Waals surface area contributed by atoms with Crippen molar-refractivity contribution in [2.45, 2.75) is 19.9 Å². The third-order valence-corrected chi connectivity index (χ3v) is 4.35. The van der Waals surface area contributed by atoms with E-state index in [1.807, 2.05) is 0 Å². The van der Waals surface area contributed by atoms with E-state index in [9.17, 15) is 0 Å². The van der Waals surface area contributed by atoms with Crippen LogP contribution in [0.25, 0.3) is 0 Å². The number of hydrogen-bond donors (Lipinski definition) is 1. The summed E-state index contributed by atoms with van der Waals surface area (Å²) in [6, 6.07) is 11.1. The zero-order valence-electron chi connectivity index (χ0n) is 10.0. The van der Waals surface area contributed by atoms with Crippen molar-refractivity contribution in [1.29, 1.82) is 0 Å². The van der Waals surface area contributed by atoms with E-state index >= 15 is 0 Å². The van der Waals surface area contributed by atoms with Crippen molar-refractivity contribution in [3.05, 3.63) is 56.2 Å². The Kier molecular flexibility index (Phi) is 4.37. The van der Waals surface area contributed by atoms with E-state index in [0.717, 1.165) is 6.54 Å². The zero-order valence-corrected chi connectivity index (χ0v) is 12.4. The van der Waals surface area contributed by atoms with Gasteiger partial charge in [-0.2, -0.15) is 0 Å². The molecule has 2 rings (SSSR count). The highest BCUT2D eigenvalue weighted by Gasteiger charge is 2.15. The van der Waals surface area contributed by atoms with E-state index in [1.54, 1.807) is 11.3 Å². The molecular formula is C14H16BrNS. The van der Waals surface area contributed by atoms with Crippen molar-refractivity contribution in [1.82, 2.24) is 5.32 Å². The van der Waals surface area contributed by atoms with E-state index in [0.29, 0.717) is 6.04 Å². The van der Waals surface area contributed by atoms with Crippen molar-refractivity contribution < 1.29 is 0 Å². The van der Waals surface area contributed by atoms with Gasteiger partial charge in [-0.15, -0.1) is 11.3 Å². The van der Waals surface area contributed by atoms with E-state index in [2.05, 4.69) is 70.8 Å². The van der Waals surface area contributed by atoms with Crippen molar-refractivity contribution in [2.75, 3.05) is 6.54 Å². The molecule has 0 aliphatic carbocycles. The lowest BCUT2D eigenvalue weighted by atomic mass is 9.97. The summed E-state index contributed by atoms with van der Waals surface area (Å²) < 4.78 is 1.18. The van der Waals surface area contributed by atoms with Gasteiger partial charge in [0.15, 0.2) is 0 Å². The first-order valence-corrected chi connectivity index (χ1v) is 7.42. The minimum atomic E-state index is 0.295. The second kappa shape index (κ2) is 5.80. The molecule has 0 radical (unpaired) electrons. The fourth-order valence-corrected chi connectivity index (χ4v) is 3.20. The molecule has 1 atom stereocenters. The number of nitrogens with one attached hydrogen (secondary N) is 1. The molecule has 1 heterocycles. The number of aryl methyl sites for hydroxylation is 1. The van der Waals surface area contributed by atoms with Crippen molar-refractivity contribution in [3.63, 3.8) is 0 Å². The number of rotatable bonds is 4. The van der Waals surface area contributed by atoms with Gasteiger partial charge in [-0.25, -0.2) is 0 Å². The fourth-order valence-electron chi connectivity index (χ4n) is 2.00. The summed E-state index contributed by atoms with van der Waals surface area (Å²) in [6.07, 6.45) is 0. The molecule has 1 aromatic heterocycles. The summed E-state index contributed by atoms with van der Waals surface area (Å²) in [4.78, 5) is 0. The minimum absolute atomic E-state index is 0.295. The first-order chi connectivity index (χ1) is 8.22. The lowest BCUT2D eigenvalue weighted by Gasteiger charge is -2.19. The van der Waals surface area contributed by atoms with E-state index in [-0.39, 0.29) is 0 Å². The molecule has 3 heteroatoms. The standard InChI is InChI=1S/C14H16BrNS/c1-3-16-14(11-8-13(15)17-9-11)12-7-5-4-6-10(12)2/h4-9,14,16H,3H2,1-2H3. The quantitative estimate of drug-likeness (QED) is 0.875. The van der Waals surface area contributed by atoms with Gasteiger partial charge in [-0.05, 0) is 57.5 Å². The Labute approximate surface area is 115 Å². The van der Waals surface area contributed by atoms with Crippen molar-refractivity contribution in [2.24, 2.45) is 0 Å². The first-order valence-electron chi connectivity index (χ1n) is 5.75. The molecule has 0 spiro atoms. The Hall–Kier alpha value is -0.640. The van der Waals surface area contributed by atoms with Crippen LogP contribution in [0.2, 0.25) is 0 Å². The third kappa shape index (κ3) is 2.97. The molecule has 1 unspecified atom stereocenters. The maximum atomic E-state index is 3.56. The van der Waals surface area contributed by atoms with Crippen LogP contribution in [-0.4, -0.2) is 6.54 Å². The molecule has 1 N–H and O–H groups in total. The van der Waals surface area contributed by atoms with Gasteiger partial charge >= 0.3 is 0 Å². The van der Waals surface area contributed by atoms with Crippen LogP contribution in [0.4, 0.5) is 0 Å². The highest BCUT2D eigenvalue weighted by atomic mass is 79.9. The first kappa shape index (κ1) is 12.8. The summed E-state index contributed by atoms with van der Waals surface area (Å²) in [5.41, 5.74) is 4.03. The summed E-state index contributed by atoms with van der Waals surface area (Å²) in [7, 11) is 0. The molecular weight excluding hydrogens is 294 g/mol. The van der Waals surface area contributed by atoms with Gasteiger partial charge in [0.05, 0.1) is 9.83 Å². The Morgan fingerprint density at radius 2 is 2.12 bits per heavy atom. The molecule has 0 aliphatic heterocycles. The van der Waals surface area contributed by atoms with Crippen LogP contribution in [0.5, 0.6) is 0 Å². The Morgan fingerprint density at radius 3 is 2.71 bits per heavy atom. The molecule has 0 fully saturated rings. The monoisotopic (exact) mass is 309 g/mol. The maximum absolute atomic E-state index is 3.56. The van der Waals surface area contributed by atoms with Crippen LogP contribution in [0, 0.1) is 6.92 Å². The van der Waals surface area contributed by atoms with Crippen LogP contribution >= 0.6 is 27.3 Å². The molecule has 90 valence electrons. The third-order valence-electron chi connectivity index (χ3n) is 2.83. The van der Waals surface area contributed by atoms with E-state index < -0.39 is 0 Å². The van der Waals surface area contributed by atoms with Crippen LogP contribution in [0.3, 0.4) is 0 Å². The number of hydrogen-bond acceptors (Lipinski definition) is 2. The van der Waals surface area contributed by atoms with Crippen molar-refractivity contribution >= 4 is 27.3 Å². The van der Waals surface area contributed by atoms with Gasteiger partial charge in [0.25, 0.3) is 0 Å². The summed E-state index contributed by atoms with van der Waals surface area (Å²) in [5, 5.41) is 5.77. The van der Waals surface area contributed by atoms with Gasteiger partial charge in [0, 0.05) is 0 Å². The predicted octanol–water partition coefficient (Wildman–Crippen LogP) is 4.52. The molecule has 0 amide bonds. The number of benzene rings is 1. The van der Waals surface area contributed by atoms with Crippen LogP contribution in [0.15, 0.2) is 39.5 Å². The maximum Gasteiger partial charge on any atom is 0.0701 e. The number of thiophene rings is 1. The summed E-state index contributed by atoms with van der Waals surface area (Å²) in [5.74, 6) is 0. The minimum Gasteiger partial charge on any atom is -0.306 e. The fraction of sp³-hybridized carbons (Fsp3) is 0.286. The highest BCUT2D eigenvalue weighted by Crippen LogP contribution is 2.30. The molecule has 1 nitrogen and oxygen atoms in total. The predicted molar refractivity (Wildman–Crippen MR) is 78.7 cm³/mol. The lowest BCUT2D eigenvalue weighted by Crippen LogP contribution is -2.22. The van der Waals surface area contributed by atoms with Gasteiger partial charge in [0.2, 0.25) is 0 Å². The summed E-state index contributed by atoms with van der Waals surface area (Å²) in [6.45, 7) is 5.28. The molecule has 0 aliphatic rings. The smallest absolute Gasteiger partial charge is 0.0701 e. The molecule has 17 heavy (non-hydrogen) atoms. The second-order valence-electron chi connectivity index (χ2n) is 4.03. The molecule has 0 saturated carbocycles. The van der Waals surface area contributed by atoms with E-state index in [4.69, 9.17) is 0 Å². The van der Waals surface area contributed by atoms with Crippen molar-refractivity contribution in [3.8, 4) is 0 Å². The second-order valence-corrected chi connectivity index (χ2v) is 6.32. The Bertz CT molecular complexity index is 492. The van der Waals surface area contributed by atoms with Gasteiger partial charge in [-0.3, -0.25) is 0 Å².